The average molecular weight is 229 g/mol. The predicted octanol–water partition coefficient (Wildman–Crippen LogP) is 2.11. The van der Waals surface area contributed by atoms with Gasteiger partial charge in [-0.2, -0.15) is 5.10 Å². The smallest absolute Gasteiger partial charge is 0.274 e. The fourth-order valence-corrected chi connectivity index (χ4v) is 2.36. The number of rotatable bonds is 1. The summed E-state index contributed by atoms with van der Waals surface area (Å²) in [5.41, 5.74) is 2.64. The SMILES string of the molecule is Cc1ccc2[nH]nc(C(=O)N3CCCC3)c2c1. The number of aryl methyl sites for hydroxylation is 1. The van der Waals surface area contributed by atoms with Crippen LogP contribution >= 0.6 is 0 Å². The maximum absolute atomic E-state index is 12.3. The predicted molar refractivity (Wildman–Crippen MR) is 66.0 cm³/mol. The summed E-state index contributed by atoms with van der Waals surface area (Å²) in [4.78, 5) is 14.2. The van der Waals surface area contributed by atoms with Crippen molar-refractivity contribution in [2.75, 3.05) is 13.1 Å². The minimum atomic E-state index is 0.0550. The Bertz CT molecular complexity index is 567. The first-order valence-electron chi connectivity index (χ1n) is 6.00. The van der Waals surface area contributed by atoms with Gasteiger partial charge in [-0.25, -0.2) is 0 Å². The molecule has 1 aromatic heterocycles. The van der Waals surface area contributed by atoms with Crippen molar-refractivity contribution in [1.82, 2.24) is 15.1 Å². The highest BCUT2D eigenvalue weighted by Crippen LogP contribution is 2.20. The van der Waals surface area contributed by atoms with Gasteiger partial charge in [0.1, 0.15) is 0 Å². The zero-order valence-corrected chi connectivity index (χ0v) is 9.86. The Kier molecular flexibility index (Phi) is 2.35. The fraction of sp³-hybridized carbons (Fsp3) is 0.385. The van der Waals surface area contributed by atoms with Crippen molar-refractivity contribution < 1.29 is 4.79 Å². The van der Waals surface area contributed by atoms with Crippen molar-refractivity contribution in [2.45, 2.75) is 19.8 Å². The highest BCUT2D eigenvalue weighted by atomic mass is 16.2. The van der Waals surface area contributed by atoms with Crippen LogP contribution in [-0.4, -0.2) is 34.1 Å². The van der Waals surface area contributed by atoms with E-state index in [0.717, 1.165) is 42.4 Å². The first-order valence-corrected chi connectivity index (χ1v) is 6.00. The molecule has 1 aliphatic heterocycles. The van der Waals surface area contributed by atoms with Crippen LogP contribution in [0.2, 0.25) is 0 Å². The lowest BCUT2D eigenvalue weighted by Gasteiger charge is -2.13. The summed E-state index contributed by atoms with van der Waals surface area (Å²) in [7, 11) is 0. The lowest BCUT2D eigenvalue weighted by Crippen LogP contribution is -2.28. The summed E-state index contributed by atoms with van der Waals surface area (Å²) in [6.45, 7) is 3.74. The third-order valence-corrected chi connectivity index (χ3v) is 3.31. The minimum Gasteiger partial charge on any atom is -0.337 e. The lowest BCUT2D eigenvalue weighted by atomic mass is 10.1. The molecule has 0 atom stereocenters. The number of hydrogen-bond donors (Lipinski definition) is 1. The van der Waals surface area contributed by atoms with Gasteiger partial charge in [-0.1, -0.05) is 11.6 Å². The van der Waals surface area contributed by atoms with Crippen LogP contribution in [0.3, 0.4) is 0 Å². The molecule has 88 valence electrons. The first-order chi connectivity index (χ1) is 8.25. The van der Waals surface area contributed by atoms with E-state index in [1.165, 1.54) is 0 Å². The van der Waals surface area contributed by atoms with Crippen molar-refractivity contribution in [1.29, 1.82) is 0 Å². The maximum atomic E-state index is 12.3. The highest BCUT2D eigenvalue weighted by molar-refractivity contribution is 6.04. The molecule has 3 rings (SSSR count). The molecule has 0 unspecified atom stereocenters. The third kappa shape index (κ3) is 1.69. The number of aromatic amines is 1. The lowest BCUT2D eigenvalue weighted by molar-refractivity contribution is 0.0789. The van der Waals surface area contributed by atoms with E-state index in [-0.39, 0.29) is 5.91 Å². The third-order valence-electron chi connectivity index (χ3n) is 3.31. The Morgan fingerprint density at radius 1 is 1.35 bits per heavy atom. The van der Waals surface area contributed by atoms with Gasteiger partial charge < -0.3 is 4.90 Å². The van der Waals surface area contributed by atoms with E-state index in [1.807, 2.05) is 30.0 Å². The van der Waals surface area contributed by atoms with Crippen LogP contribution in [0.4, 0.5) is 0 Å². The van der Waals surface area contributed by atoms with E-state index in [9.17, 15) is 4.79 Å². The molecule has 2 aromatic rings. The zero-order chi connectivity index (χ0) is 11.8. The second kappa shape index (κ2) is 3.87. The average Bonchev–Trinajstić information content (AvgIpc) is 2.97. The number of hydrogen-bond acceptors (Lipinski definition) is 2. The number of carbonyl (C=O) groups is 1. The molecule has 1 saturated heterocycles. The number of H-pyrrole nitrogens is 1. The Morgan fingerprint density at radius 3 is 2.88 bits per heavy atom. The van der Waals surface area contributed by atoms with Crippen LogP contribution in [0.25, 0.3) is 10.9 Å². The summed E-state index contributed by atoms with van der Waals surface area (Å²) in [5.74, 6) is 0.0550. The monoisotopic (exact) mass is 229 g/mol. The van der Waals surface area contributed by atoms with Crippen LogP contribution < -0.4 is 0 Å². The molecule has 1 fully saturated rings. The number of benzene rings is 1. The van der Waals surface area contributed by atoms with Crippen LogP contribution in [0, 0.1) is 6.92 Å². The van der Waals surface area contributed by atoms with Crippen molar-refractivity contribution in [3.8, 4) is 0 Å². The van der Waals surface area contributed by atoms with Crippen molar-refractivity contribution in [3.05, 3.63) is 29.5 Å². The number of carbonyl (C=O) groups excluding carboxylic acids is 1. The molecule has 0 aliphatic carbocycles. The molecule has 1 N–H and O–H groups in total. The van der Waals surface area contributed by atoms with Crippen LogP contribution in [0.1, 0.15) is 28.9 Å². The number of fused-ring (bicyclic) bond motifs is 1. The van der Waals surface area contributed by atoms with Gasteiger partial charge in [0, 0.05) is 18.5 Å². The maximum Gasteiger partial charge on any atom is 0.274 e. The quantitative estimate of drug-likeness (QED) is 0.814. The van der Waals surface area contributed by atoms with Crippen molar-refractivity contribution >= 4 is 16.8 Å². The Morgan fingerprint density at radius 2 is 2.12 bits per heavy atom. The molecular weight excluding hydrogens is 214 g/mol. The van der Waals surface area contributed by atoms with Gasteiger partial charge >= 0.3 is 0 Å². The molecule has 2 heterocycles. The van der Waals surface area contributed by atoms with E-state index < -0.39 is 0 Å². The molecule has 4 heteroatoms. The zero-order valence-electron chi connectivity index (χ0n) is 9.86. The number of nitrogens with zero attached hydrogens (tertiary/aromatic N) is 2. The van der Waals surface area contributed by atoms with Crippen LogP contribution in [0.15, 0.2) is 18.2 Å². The second-order valence-electron chi connectivity index (χ2n) is 4.62. The summed E-state index contributed by atoms with van der Waals surface area (Å²) < 4.78 is 0. The molecule has 0 radical (unpaired) electrons. The summed E-state index contributed by atoms with van der Waals surface area (Å²) in [6.07, 6.45) is 2.21. The van der Waals surface area contributed by atoms with Gasteiger partial charge in [-0.3, -0.25) is 9.89 Å². The Hall–Kier alpha value is -1.84. The molecule has 0 spiro atoms. The molecule has 1 aliphatic rings. The fourth-order valence-electron chi connectivity index (χ4n) is 2.36. The second-order valence-corrected chi connectivity index (χ2v) is 4.62. The van der Waals surface area contributed by atoms with Crippen molar-refractivity contribution in [2.24, 2.45) is 0 Å². The largest absolute Gasteiger partial charge is 0.337 e. The van der Waals surface area contributed by atoms with Gasteiger partial charge in [-0.05, 0) is 31.9 Å². The standard InChI is InChI=1S/C13H15N3O/c1-9-4-5-11-10(8-9)12(15-14-11)13(17)16-6-2-3-7-16/h4-5,8H,2-3,6-7H2,1H3,(H,14,15). The van der Waals surface area contributed by atoms with E-state index in [0.29, 0.717) is 5.69 Å². The van der Waals surface area contributed by atoms with Crippen LogP contribution in [0.5, 0.6) is 0 Å². The number of amides is 1. The van der Waals surface area contributed by atoms with Gasteiger partial charge in [0.2, 0.25) is 0 Å². The molecule has 0 saturated carbocycles. The van der Waals surface area contributed by atoms with Crippen molar-refractivity contribution in [3.63, 3.8) is 0 Å². The number of aromatic nitrogens is 2. The van der Waals surface area contributed by atoms with E-state index >= 15 is 0 Å². The Balaban J connectivity index is 2.04. The van der Waals surface area contributed by atoms with E-state index in [1.54, 1.807) is 0 Å². The number of nitrogens with one attached hydrogen (secondary N) is 1. The topological polar surface area (TPSA) is 49.0 Å². The first kappa shape index (κ1) is 10.3. The summed E-state index contributed by atoms with van der Waals surface area (Å²) in [6, 6.07) is 6.01. The number of likely N-dealkylation sites (tertiary alicyclic amines) is 1. The van der Waals surface area contributed by atoms with E-state index in [2.05, 4.69) is 10.2 Å². The highest BCUT2D eigenvalue weighted by Gasteiger charge is 2.23. The molecular formula is C13H15N3O. The molecule has 17 heavy (non-hydrogen) atoms. The van der Waals surface area contributed by atoms with E-state index in [4.69, 9.17) is 0 Å². The summed E-state index contributed by atoms with van der Waals surface area (Å²) >= 11 is 0. The summed E-state index contributed by atoms with van der Waals surface area (Å²) in [5, 5.41) is 8.02. The minimum absolute atomic E-state index is 0.0550. The molecule has 1 aromatic carbocycles. The van der Waals surface area contributed by atoms with Crippen LogP contribution in [-0.2, 0) is 0 Å². The molecule has 0 bridgehead atoms. The van der Waals surface area contributed by atoms with Gasteiger partial charge in [0.25, 0.3) is 5.91 Å². The van der Waals surface area contributed by atoms with Gasteiger partial charge in [0.05, 0.1) is 5.52 Å². The molecule has 4 nitrogen and oxygen atoms in total. The molecule has 1 amide bonds. The van der Waals surface area contributed by atoms with Gasteiger partial charge in [0.15, 0.2) is 5.69 Å². The van der Waals surface area contributed by atoms with Gasteiger partial charge in [-0.15, -0.1) is 0 Å². The normalized spacial score (nSPS) is 15.7. The Labute approximate surface area is 99.6 Å².